The molecule has 58 heavy (non-hydrogen) atoms. The first kappa shape index (κ1) is 46.1. The number of anilines is 1. The maximum absolute atomic E-state index is 13.5. The molecule has 6 amide bonds. The molecule has 3 fully saturated rings. The van der Waals surface area contributed by atoms with Crippen molar-refractivity contribution in [2.45, 2.75) is 168 Å². The Morgan fingerprint density at radius 1 is 0.724 bits per heavy atom. The third-order valence-electron chi connectivity index (χ3n) is 10.4. The van der Waals surface area contributed by atoms with Gasteiger partial charge in [-0.15, -0.1) is 0 Å². The lowest BCUT2D eigenvalue weighted by atomic mass is 9.84. The van der Waals surface area contributed by atoms with Crippen LogP contribution in [-0.2, 0) is 19.0 Å². The molecule has 0 atom stereocenters. The van der Waals surface area contributed by atoms with Gasteiger partial charge in [0.25, 0.3) is 0 Å². The smallest absolute Gasteiger partial charge is 0.410 e. The van der Waals surface area contributed by atoms with E-state index in [0.29, 0.717) is 6.54 Å². The molecule has 17 nitrogen and oxygen atoms in total. The maximum atomic E-state index is 13.5. The van der Waals surface area contributed by atoms with Crippen molar-refractivity contribution in [2.24, 2.45) is 5.92 Å². The molecule has 2 heterocycles. The molecule has 1 aromatic rings. The predicted octanol–water partition coefficient (Wildman–Crippen LogP) is 6.03. The molecule has 4 rings (SSSR count). The lowest BCUT2D eigenvalue weighted by Gasteiger charge is -2.40. The zero-order chi connectivity index (χ0) is 43.2. The SMILES string of the molecule is CC(C)(C)OC(=O)NC1CCC(N(CC2CCC(n3ccc(NC(=O)N4CCN(C(=O)C(C)(C)NC(=O)OC(C)(C)C)CC4)nc3=O)CC2)C(=O)OC(C)(C)C)CC1. The highest BCUT2D eigenvalue weighted by Gasteiger charge is 2.38. The summed E-state index contributed by atoms with van der Waals surface area (Å²) in [4.78, 5) is 86.9. The molecule has 0 aromatic carbocycles. The fourth-order valence-corrected chi connectivity index (χ4v) is 7.65. The Labute approximate surface area is 343 Å². The van der Waals surface area contributed by atoms with Gasteiger partial charge in [-0.1, -0.05) is 0 Å². The van der Waals surface area contributed by atoms with Gasteiger partial charge in [0.2, 0.25) is 5.91 Å². The number of carbonyl (C=O) groups excluding carboxylic acids is 5. The van der Waals surface area contributed by atoms with Crippen LogP contribution in [0, 0.1) is 5.92 Å². The number of ether oxygens (including phenoxy) is 3. The number of nitrogens with zero attached hydrogens (tertiary/aromatic N) is 5. The first-order valence-corrected chi connectivity index (χ1v) is 20.7. The molecule has 2 saturated carbocycles. The van der Waals surface area contributed by atoms with Crippen molar-refractivity contribution < 1.29 is 38.2 Å². The average Bonchev–Trinajstić information content (AvgIpc) is 3.08. The highest BCUT2D eigenvalue weighted by atomic mass is 16.6. The molecule has 0 bridgehead atoms. The molecule has 3 aliphatic rings. The van der Waals surface area contributed by atoms with Gasteiger partial charge >= 0.3 is 30.0 Å². The molecule has 0 unspecified atom stereocenters. The average molecular weight is 817 g/mol. The number of amides is 6. The van der Waals surface area contributed by atoms with Gasteiger partial charge in [0, 0.05) is 57.0 Å². The van der Waals surface area contributed by atoms with Crippen molar-refractivity contribution in [3.8, 4) is 0 Å². The lowest BCUT2D eigenvalue weighted by molar-refractivity contribution is -0.138. The summed E-state index contributed by atoms with van der Waals surface area (Å²) in [7, 11) is 0. The fourth-order valence-electron chi connectivity index (χ4n) is 7.65. The number of urea groups is 1. The summed E-state index contributed by atoms with van der Waals surface area (Å²) in [6, 6.07) is 1.10. The van der Waals surface area contributed by atoms with Crippen molar-refractivity contribution >= 4 is 36.0 Å². The van der Waals surface area contributed by atoms with Crippen LogP contribution in [0.5, 0.6) is 0 Å². The van der Waals surface area contributed by atoms with Crippen molar-refractivity contribution in [3.05, 3.63) is 22.7 Å². The maximum Gasteiger partial charge on any atom is 0.410 e. The van der Waals surface area contributed by atoms with Gasteiger partial charge in [0.05, 0.1) is 0 Å². The Balaban J connectivity index is 1.27. The van der Waals surface area contributed by atoms with Gasteiger partial charge < -0.3 is 39.5 Å². The summed E-state index contributed by atoms with van der Waals surface area (Å²) in [5.41, 5.74) is -3.58. The number of hydrogen-bond acceptors (Lipinski definition) is 10. The Bertz CT molecular complexity index is 1670. The number of carbonyl (C=O) groups is 5. The van der Waals surface area contributed by atoms with E-state index in [1.54, 1.807) is 61.2 Å². The van der Waals surface area contributed by atoms with Crippen LogP contribution < -0.4 is 21.6 Å². The summed E-state index contributed by atoms with van der Waals surface area (Å²) in [5, 5.41) is 8.33. The highest BCUT2D eigenvalue weighted by Crippen LogP contribution is 2.34. The van der Waals surface area contributed by atoms with E-state index in [1.807, 2.05) is 46.4 Å². The van der Waals surface area contributed by atoms with Crippen molar-refractivity contribution in [3.63, 3.8) is 0 Å². The van der Waals surface area contributed by atoms with Gasteiger partial charge in [-0.25, -0.2) is 24.0 Å². The van der Waals surface area contributed by atoms with Crippen LogP contribution in [0.2, 0.25) is 0 Å². The van der Waals surface area contributed by atoms with E-state index in [-0.39, 0.29) is 68.0 Å². The molecule has 1 aliphatic heterocycles. The minimum Gasteiger partial charge on any atom is -0.444 e. The van der Waals surface area contributed by atoms with Gasteiger partial charge in [0.1, 0.15) is 28.2 Å². The van der Waals surface area contributed by atoms with E-state index in [9.17, 15) is 28.8 Å². The first-order chi connectivity index (χ1) is 26.8. The Morgan fingerprint density at radius 3 is 1.79 bits per heavy atom. The Kier molecular flexibility index (Phi) is 14.8. The van der Waals surface area contributed by atoms with Gasteiger partial charge in [-0.2, -0.15) is 4.98 Å². The normalized spacial score (nSPS) is 22.0. The summed E-state index contributed by atoms with van der Waals surface area (Å²) in [6.07, 6.45) is 6.26. The predicted molar refractivity (Wildman–Crippen MR) is 218 cm³/mol. The van der Waals surface area contributed by atoms with Crippen LogP contribution in [0.15, 0.2) is 17.1 Å². The largest absolute Gasteiger partial charge is 0.444 e. The topological polar surface area (TPSA) is 194 Å². The monoisotopic (exact) mass is 817 g/mol. The molecular formula is C41H68N8O9. The van der Waals surface area contributed by atoms with Crippen LogP contribution in [0.3, 0.4) is 0 Å². The zero-order valence-corrected chi connectivity index (χ0v) is 36.6. The summed E-state index contributed by atoms with van der Waals surface area (Å²) in [6.45, 7) is 21.2. The van der Waals surface area contributed by atoms with E-state index in [4.69, 9.17) is 14.2 Å². The van der Waals surface area contributed by atoms with E-state index in [2.05, 4.69) is 20.9 Å². The lowest BCUT2D eigenvalue weighted by Crippen LogP contribution is -2.60. The number of rotatable bonds is 8. The van der Waals surface area contributed by atoms with Crippen LogP contribution in [-0.4, -0.2) is 122 Å². The third-order valence-corrected chi connectivity index (χ3v) is 10.4. The quantitative estimate of drug-likeness (QED) is 0.261. The van der Waals surface area contributed by atoms with Gasteiger partial charge in [-0.05, 0) is 140 Å². The second kappa shape index (κ2) is 18.6. The van der Waals surface area contributed by atoms with Crippen LogP contribution >= 0.6 is 0 Å². The summed E-state index contributed by atoms with van der Waals surface area (Å²) >= 11 is 0. The van der Waals surface area contributed by atoms with Crippen molar-refractivity contribution in [1.82, 2.24) is 34.9 Å². The molecule has 326 valence electrons. The van der Waals surface area contributed by atoms with Crippen LogP contribution in [0.4, 0.5) is 25.0 Å². The Morgan fingerprint density at radius 2 is 1.26 bits per heavy atom. The molecule has 0 spiro atoms. The zero-order valence-electron chi connectivity index (χ0n) is 36.6. The number of piperazine rings is 1. The molecule has 1 aromatic heterocycles. The number of nitrogens with one attached hydrogen (secondary N) is 3. The van der Waals surface area contributed by atoms with Crippen LogP contribution in [0.1, 0.15) is 134 Å². The fraction of sp³-hybridized carbons (Fsp3) is 0.780. The molecular weight excluding hydrogens is 748 g/mol. The molecule has 3 N–H and O–H groups in total. The van der Waals surface area contributed by atoms with Gasteiger partial charge in [-0.3, -0.25) is 14.7 Å². The van der Waals surface area contributed by atoms with E-state index >= 15 is 0 Å². The summed E-state index contributed by atoms with van der Waals surface area (Å²) < 4.78 is 18.2. The van der Waals surface area contributed by atoms with Crippen molar-refractivity contribution in [2.75, 3.05) is 38.0 Å². The molecule has 2 aliphatic carbocycles. The molecule has 0 radical (unpaired) electrons. The summed E-state index contributed by atoms with van der Waals surface area (Å²) in [5.74, 6) is 0.0865. The van der Waals surface area contributed by atoms with Crippen molar-refractivity contribution in [1.29, 1.82) is 0 Å². The number of alkyl carbamates (subject to hydrolysis) is 2. The van der Waals surface area contributed by atoms with E-state index < -0.39 is 46.2 Å². The highest BCUT2D eigenvalue weighted by molar-refractivity contribution is 5.90. The van der Waals surface area contributed by atoms with Gasteiger partial charge in [0.15, 0.2) is 0 Å². The van der Waals surface area contributed by atoms with Crippen LogP contribution in [0.25, 0.3) is 0 Å². The third kappa shape index (κ3) is 14.1. The standard InChI is InChI=1S/C41H68N8O9/c1-38(2,3)56-35(53)42-28-14-18-30(19-15-28)49(37(55)58-40(7,8)9)26-27-12-16-29(17-13-27)48-21-20-31(44-34(48)52)43-33(51)47-24-22-46(23-25-47)32(50)41(10,11)45-36(54)57-39(4,5)6/h20-21,27-30H,12-19,22-26H2,1-11H3,(H,42,53)(H,45,54)(H,43,44,51,52). The second-order valence-corrected chi connectivity index (χ2v) is 19.4. The van der Waals surface area contributed by atoms with E-state index in [0.717, 1.165) is 51.4 Å². The minimum atomic E-state index is -1.20. The second-order valence-electron chi connectivity index (χ2n) is 19.4. The van der Waals surface area contributed by atoms with E-state index in [1.165, 1.54) is 0 Å². The first-order valence-electron chi connectivity index (χ1n) is 20.7. The Hall–Kier alpha value is -4.57. The molecule has 1 saturated heterocycles. The number of hydrogen-bond donors (Lipinski definition) is 3. The minimum absolute atomic E-state index is 0.00883. The molecule has 17 heteroatoms. The number of aromatic nitrogens is 2.